The lowest BCUT2D eigenvalue weighted by Crippen LogP contribution is -2.62. The van der Waals surface area contributed by atoms with Crippen LogP contribution in [0.4, 0.5) is 0 Å². The van der Waals surface area contributed by atoms with Gasteiger partial charge in [-0.3, -0.25) is 24.3 Å². The zero-order chi connectivity index (χ0) is 26.5. The number of likely N-dealkylation sites (tertiary alicyclic amines) is 1. The van der Waals surface area contributed by atoms with Crippen LogP contribution in [-0.4, -0.2) is 70.3 Å². The number of rotatable bonds is 5. The standard InChI is InChI=1S/C30H39N5O3/c1-21-30(38)35-19-24-15-25(20-34(18-24)17-23-9-6-14-31-16-23)27(35)10-5-11-28(36)33-26(29(37)32-21)13-12-22-7-3-2-4-8-22/h2-4,6-9,14,16,21,24-27H,5,10-13,15,17-20H2,1H3,(H,32,37)(H,33,36)/t21-,24+,25-,26+,27+/m1/s1. The molecule has 2 aromatic rings. The van der Waals surface area contributed by atoms with E-state index < -0.39 is 12.1 Å². The summed E-state index contributed by atoms with van der Waals surface area (Å²) in [5.41, 5.74) is 2.32. The van der Waals surface area contributed by atoms with Gasteiger partial charge in [-0.05, 0) is 68.1 Å². The molecule has 2 bridgehead atoms. The lowest BCUT2D eigenvalue weighted by molar-refractivity contribution is -0.145. The van der Waals surface area contributed by atoms with Crippen LogP contribution in [0.5, 0.6) is 0 Å². The van der Waals surface area contributed by atoms with Crippen molar-refractivity contribution in [1.82, 2.24) is 25.4 Å². The highest BCUT2D eigenvalue weighted by Gasteiger charge is 2.43. The molecule has 4 heterocycles. The van der Waals surface area contributed by atoms with Crippen LogP contribution >= 0.6 is 0 Å². The molecule has 8 nitrogen and oxygen atoms in total. The molecule has 1 aromatic heterocycles. The van der Waals surface area contributed by atoms with E-state index in [1.54, 1.807) is 13.1 Å². The van der Waals surface area contributed by atoms with Crippen molar-refractivity contribution < 1.29 is 14.4 Å². The third-order valence-electron chi connectivity index (χ3n) is 8.31. The summed E-state index contributed by atoms with van der Waals surface area (Å²) in [6.07, 6.45) is 7.85. The molecule has 0 aliphatic carbocycles. The number of piperidine rings is 2. The number of pyridine rings is 1. The van der Waals surface area contributed by atoms with Crippen LogP contribution in [0.15, 0.2) is 54.9 Å². The number of carbonyl (C=O) groups is 3. The molecule has 38 heavy (non-hydrogen) atoms. The monoisotopic (exact) mass is 517 g/mol. The molecule has 0 unspecified atom stereocenters. The van der Waals surface area contributed by atoms with Crippen LogP contribution in [0.3, 0.4) is 0 Å². The predicted molar refractivity (Wildman–Crippen MR) is 145 cm³/mol. The summed E-state index contributed by atoms with van der Waals surface area (Å²) in [7, 11) is 0. The Morgan fingerprint density at radius 2 is 1.79 bits per heavy atom. The number of benzene rings is 1. The number of aromatic nitrogens is 1. The maximum atomic E-state index is 13.7. The third-order valence-corrected chi connectivity index (χ3v) is 8.31. The quantitative estimate of drug-likeness (QED) is 0.636. The molecule has 0 saturated carbocycles. The maximum Gasteiger partial charge on any atom is 0.245 e. The summed E-state index contributed by atoms with van der Waals surface area (Å²) in [5.74, 6) is 0.374. The minimum absolute atomic E-state index is 0.00697. The number of hydrogen-bond donors (Lipinski definition) is 2. The van der Waals surface area contributed by atoms with Gasteiger partial charge in [-0.2, -0.15) is 0 Å². The van der Waals surface area contributed by atoms with Crippen molar-refractivity contribution in [1.29, 1.82) is 0 Å². The van der Waals surface area contributed by atoms with Crippen molar-refractivity contribution in [3.63, 3.8) is 0 Å². The lowest BCUT2D eigenvalue weighted by Gasteiger charge is -2.51. The van der Waals surface area contributed by atoms with Crippen molar-refractivity contribution >= 4 is 17.7 Å². The second-order valence-corrected chi connectivity index (χ2v) is 11.2. The van der Waals surface area contributed by atoms with E-state index in [4.69, 9.17) is 0 Å². The smallest absolute Gasteiger partial charge is 0.245 e. The highest BCUT2D eigenvalue weighted by atomic mass is 16.2. The van der Waals surface area contributed by atoms with Gasteiger partial charge < -0.3 is 15.5 Å². The molecule has 0 spiro atoms. The molecule has 5 atom stereocenters. The van der Waals surface area contributed by atoms with E-state index in [1.807, 2.05) is 47.5 Å². The van der Waals surface area contributed by atoms with Gasteiger partial charge in [-0.1, -0.05) is 36.4 Å². The van der Waals surface area contributed by atoms with Gasteiger partial charge in [0, 0.05) is 51.0 Å². The minimum atomic E-state index is -0.657. The largest absolute Gasteiger partial charge is 0.344 e. The number of hydrogen-bond acceptors (Lipinski definition) is 5. The number of carbonyl (C=O) groups excluding carboxylic acids is 3. The molecule has 8 heteroatoms. The van der Waals surface area contributed by atoms with Crippen molar-refractivity contribution in [3.05, 3.63) is 66.0 Å². The number of aryl methyl sites for hydroxylation is 1. The van der Waals surface area contributed by atoms with E-state index >= 15 is 0 Å². The van der Waals surface area contributed by atoms with Gasteiger partial charge in [0.1, 0.15) is 12.1 Å². The first-order valence-electron chi connectivity index (χ1n) is 14.0. The van der Waals surface area contributed by atoms with E-state index in [2.05, 4.69) is 26.6 Å². The molecule has 3 aliphatic heterocycles. The Bertz CT molecular complexity index is 1110. The first-order chi connectivity index (χ1) is 18.5. The van der Waals surface area contributed by atoms with Crippen LogP contribution in [0.2, 0.25) is 0 Å². The summed E-state index contributed by atoms with van der Waals surface area (Å²) >= 11 is 0. The third kappa shape index (κ3) is 6.41. The van der Waals surface area contributed by atoms with E-state index in [1.165, 1.54) is 5.56 Å². The number of nitrogens with zero attached hydrogens (tertiary/aromatic N) is 3. The van der Waals surface area contributed by atoms with Gasteiger partial charge in [0.15, 0.2) is 0 Å². The summed E-state index contributed by atoms with van der Waals surface area (Å²) < 4.78 is 0. The Kier molecular flexibility index (Phi) is 8.37. The van der Waals surface area contributed by atoms with Gasteiger partial charge >= 0.3 is 0 Å². The molecule has 3 fully saturated rings. The van der Waals surface area contributed by atoms with Crippen LogP contribution in [-0.2, 0) is 27.3 Å². The number of nitrogens with one attached hydrogen (secondary N) is 2. The SMILES string of the molecule is C[C@H]1NC(=O)[C@H](CCc2ccccc2)NC(=O)CCC[C@H]2[C@@H]3C[C@@H](CN(Cc4cccnc4)C3)CN2C1=O. The molecule has 2 N–H and O–H groups in total. The highest BCUT2D eigenvalue weighted by molar-refractivity contribution is 5.92. The normalized spacial score (nSPS) is 28.9. The van der Waals surface area contributed by atoms with E-state index in [0.717, 1.165) is 38.0 Å². The number of fused-ring (bicyclic) bond motifs is 4. The van der Waals surface area contributed by atoms with Gasteiger partial charge in [-0.15, -0.1) is 0 Å². The Hall–Kier alpha value is -3.26. The topological polar surface area (TPSA) is 94.6 Å². The van der Waals surface area contributed by atoms with E-state index in [0.29, 0.717) is 44.1 Å². The van der Waals surface area contributed by atoms with E-state index in [-0.39, 0.29) is 23.8 Å². The second kappa shape index (κ2) is 12.1. The Labute approximate surface area is 225 Å². The molecule has 0 radical (unpaired) electrons. The van der Waals surface area contributed by atoms with Gasteiger partial charge in [0.2, 0.25) is 17.7 Å². The Balaban J connectivity index is 1.27. The molecular formula is C30H39N5O3. The summed E-state index contributed by atoms with van der Waals surface area (Å²) in [5, 5.41) is 5.88. The maximum absolute atomic E-state index is 13.7. The molecule has 202 valence electrons. The van der Waals surface area contributed by atoms with Crippen molar-refractivity contribution in [2.45, 2.75) is 70.1 Å². The van der Waals surface area contributed by atoms with Crippen molar-refractivity contribution in [3.8, 4) is 0 Å². The zero-order valence-electron chi connectivity index (χ0n) is 22.2. The van der Waals surface area contributed by atoms with Crippen molar-refractivity contribution in [2.75, 3.05) is 19.6 Å². The van der Waals surface area contributed by atoms with Gasteiger partial charge in [0.25, 0.3) is 0 Å². The Morgan fingerprint density at radius 3 is 2.58 bits per heavy atom. The average molecular weight is 518 g/mol. The molecule has 1 aromatic carbocycles. The fraction of sp³-hybridized carbons (Fsp3) is 0.533. The molecular weight excluding hydrogens is 478 g/mol. The average Bonchev–Trinajstić information content (AvgIpc) is 2.92. The molecule has 5 rings (SSSR count). The van der Waals surface area contributed by atoms with Crippen molar-refractivity contribution in [2.24, 2.45) is 11.8 Å². The first kappa shape index (κ1) is 26.4. The summed E-state index contributed by atoms with van der Waals surface area (Å²) in [6.45, 7) is 5.22. The lowest BCUT2D eigenvalue weighted by atomic mass is 9.77. The molecule has 3 amide bonds. The fourth-order valence-electron chi connectivity index (χ4n) is 6.54. The highest BCUT2D eigenvalue weighted by Crippen LogP contribution is 2.36. The second-order valence-electron chi connectivity index (χ2n) is 11.2. The minimum Gasteiger partial charge on any atom is -0.344 e. The number of amides is 3. The van der Waals surface area contributed by atoms with E-state index in [9.17, 15) is 14.4 Å². The van der Waals surface area contributed by atoms with Crippen LogP contribution in [0, 0.1) is 11.8 Å². The summed E-state index contributed by atoms with van der Waals surface area (Å²) in [6, 6.07) is 12.8. The van der Waals surface area contributed by atoms with Crippen LogP contribution in [0.25, 0.3) is 0 Å². The van der Waals surface area contributed by atoms with Crippen LogP contribution < -0.4 is 10.6 Å². The van der Waals surface area contributed by atoms with Gasteiger partial charge in [0.05, 0.1) is 0 Å². The van der Waals surface area contributed by atoms with Crippen LogP contribution in [0.1, 0.15) is 50.2 Å². The fourth-order valence-corrected chi connectivity index (χ4v) is 6.54. The predicted octanol–water partition coefficient (Wildman–Crippen LogP) is 2.54. The molecule has 3 saturated heterocycles. The Morgan fingerprint density at radius 1 is 0.974 bits per heavy atom. The molecule has 3 aliphatic rings. The first-order valence-corrected chi connectivity index (χ1v) is 14.0. The summed E-state index contributed by atoms with van der Waals surface area (Å²) in [4.78, 5) is 48.5. The van der Waals surface area contributed by atoms with Gasteiger partial charge in [-0.25, -0.2) is 0 Å². The zero-order valence-corrected chi connectivity index (χ0v) is 22.2.